The minimum absolute atomic E-state index is 0.0257. The van der Waals surface area contributed by atoms with E-state index in [9.17, 15) is 0 Å². The molecule has 0 radical (unpaired) electrons. The molecule has 1 rings (SSSR count). The fourth-order valence-electron chi connectivity index (χ4n) is 0.943. The van der Waals surface area contributed by atoms with E-state index in [4.69, 9.17) is 16.3 Å². The molecule has 0 aliphatic heterocycles. The Labute approximate surface area is 76.7 Å². The average Bonchev–Trinajstić information content (AvgIpc) is 2.10. The lowest BCUT2D eigenvalue weighted by atomic mass is 10.2. The Hall–Kier alpha value is -0.670. The molecule has 1 aromatic rings. The van der Waals surface area contributed by atoms with Gasteiger partial charge in [-0.25, -0.2) is 9.97 Å². The Kier molecular flexibility index (Phi) is 3.44. The molecule has 0 spiro atoms. The van der Waals surface area contributed by atoms with Gasteiger partial charge in [0.25, 0.3) is 0 Å². The van der Waals surface area contributed by atoms with Gasteiger partial charge in [0.15, 0.2) is 5.82 Å². The van der Waals surface area contributed by atoms with E-state index in [1.54, 1.807) is 19.5 Å². The molecule has 0 bridgehead atoms. The Morgan fingerprint density at radius 1 is 1.50 bits per heavy atom. The minimum atomic E-state index is -0.0257. The second-order valence-electron chi connectivity index (χ2n) is 2.39. The number of methoxy groups -OCH3 is 1. The van der Waals surface area contributed by atoms with Crippen LogP contribution in [-0.2, 0) is 4.74 Å². The molecule has 66 valence electrons. The van der Waals surface area contributed by atoms with E-state index in [1.807, 2.05) is 6.92 Å². The lowest BCUT2D eigenvalue weighted by Gasteiger charge is -2.10. The van der Waals surface area contributed by atoms with Gasteiger partial charge in [-0.3, -0.25) is 0 Å². The Morgan fingerprint density at radius 3 is 2.50 bits per heavy atom. The predicted molar refractivity (Wildman–Crippen MR) is 47.1 cm³/mol. The number of nitrogens with zero attached hydrogens (tertiary/aromatic N) is 2. The van der Waals surface area contributed by atoms with Crippen LogP contribution in [0.4, 0.5) is 0 Å². The highest BCUT2D eigenvalue weighted by Crippen LogP contribution is 2.16. The highest BCUT2D eigenvalue weighted by atomic mass is 35.5. The Morgan fingerprint density at radius 2 is 2.08 bits per heavy atom. The fourth-order valence-corrected chi connectivity index (χ4v) is 1.04. The first-order chi connectivity index (χ1) is 5.77. The van der Waals surface area contributed by atoms with Crippen LogP contribution in [0.5, 0.6) is 0 Å². The number of hydrogen-bond acceptors (Lipinski definition) is 3. The van der Waals surface area contributed by atoms with Gasteiger partial charge in [-0.2, -0.15) is 0 Å². The van der Waals surface area contributed by atoms with Gasteiger partial charge in [0.1, 0.15) is 6.10 Å². The summed E-state index contributed by atoms with van der Waals surface area (Å²) in [4.78, 5) is 8.10. The molecule has 0 aromatic carbocycles. The molecule has 0 N–H and O–H groups in total. The second-order valence-corrected chi connectivity index (χ2v) is 2.83. The van der Waals surface area contributed by atoms with Crippen molar-refractivity contribution in [2.45, 2.75) is 19.4 Å². The standard InChI is InChI=1S/C8H11ClN2O/c1-3-7(12-2)8-10-4-6(9)5-11-8/h4-5,7H,3H2,1-2H3/t7-/m1/s1. The average molecular weight is 187 g/mol. The molecule has 0 amide bonds. The summed E-state index contributed by atoms with van der Waals surface area (Å²) in [5.74, 6) is 0.685. The summed E-state index contributed by atoms with van der Waals surface area (Å²) in [6.07, 6.45) is 3.98. The van der Waals surface area contributed by atoms with Crippen molar-refractivity contribution in [3.05, 3.63) is 23.2 Å². The Balaban J connectivity index is 2.80. The molecular formula is C8H11ClN2O. The van der Waals surface area contributed by atoms with Crippen LogP contribution in [-0.4, -0.2) is 17.1 Å². The Bertz CT molecular complexity index is 233. The number of ether oxygens (including phenoxy) is 1. The first-order valence-electron chi connectivity index (χ1n) is 3.78. The molecule has 1 atom stereocenters. The molecular weight excluding hydrogens is 176 g/mol. The van der Waals surface area contributed by atoms with Crippen molar-refractivity contribution < 1.29 is 4.74 Å². The number of hydrogen-bond donors (Lipinski definition) is 0. The van der Waals surface area contributed by atoms with Gasteiger partial charge >= 0.3 is 0 Å². The molecule has 12 heavy (non-hydrogen) atoms. The minimum Gasteiger partial charge on any atom is -0.373 e. The summed E-state index contributed by atoms with van der Waals surface area (Å²) in [7, 11) is 1.64. The third-order valence-corrected chi connectivity index (χ3v) is 1.78. The number of halogens is 1. The summed E-state index contributed by atoms with van der Waals surface area (Å²) in [5.41, 5.74) is 0. The predicted octanol–water partition coefficient (Wildman–Crippen LogP) is 2.23. The molecule has 0 saturated carbocycles. The fraction of sp³-hybridized carbons (Fsp3) is 0.500. The van der Waals surface area contributed by atoms with Crippen LogP contribution in [0.15, 0.2) is 12.4 Å². The van der Waals surface area contributed by atoms with Gasteiger partial charge in [0, 0.05) is 19.5 Å². The zero-order valence-electron chi connectivity index (χ0n) is 7.12. The number of aromatic nitrogens is 2. The van der Waals surface area contributed by atoms with E-state index in [0.29, 0.717) is 10.8 Å². The van der Waals surface area contributed by atoms with Crippen LogP contribution < -0.4 is 0 Å². The monoisotopic (exact) mass is 186 g/mol. The highest BCUT2D eigenvalue weighted by molar-refractivity contribution is 6.30. The van der Waals surface area contributed by atoms with Gasteiger partial charge in [0.05, 0.1) is 5.02 Å². The highest BCUT2D eigenvalue weighted by Gasteiger charge is 2.09. The van der Waals surface area contributed by atoms with E-state index in [1.165, 1.54) is 0 Å². The molecule has 4 heteroatoms. The lowest BCUT2D eigenvalue weighted by molar-refractivity contribution is 0.0926. The van der Waals surface area contributed by atoms with Gasteiger partial charge < -0.3 is 4.74 Å². The molecule has 0 fully saturated rings. The molecule has 1 heterocycles. The van der Waals surface area contributed by atoms with E-state index < -0.39 is 0 Å². The van der Waals surface area contributed by atoms with E-state index in [-0.39, 0.29) is 6.10 Å². The van der Waals surface area contributed by atoms with Crippen LogP contribution in [0.3, 0.4) is 0 Å². The van der Waals surface area contributed by atoms with Crippen molar-refractivity contribution in [1.82, 2.24) is 9.97 Å². The molecule has 0 unspecified atom stereocenters. The molecule has 3 nitrogen and oxygen atoms in total. The van der Waals surface area contributed by atoms with Crippen molar-refractivity contribution >= 4 is 11.6 Å². The van der Waals surface area contributed by atoms with Crippen molar-refractivity contribution in [2.24, 2.45) is 0 Å². The van der Waals surface area contributed by atoms with Crippen LogP contribution in [0.25, 0.3) is 0 Å². The maximum absolute atomic E-state index is 5.64. The van der Waals surface area contributed by atoms with Crippen molar-refractivity contribution in [2.75, 3.05) is 7.11 Å². The first-order valence-corrected chi connectivity index (χ1v) is 4.16. The van der Waals surface area contributed by atoms with Gasteiger partial charge in [-0.1, -0.05) is 18.5 Å². The van der Waals surface area contributed by atoms with E-state index >= 15 is 0 Å². The van der Waals surface area contributed by atoms with Crippen molar-refractivity contribution in [1.29, 1.82) is 0 Å². The summed E-state index contributed by atoms with van der Waals surface area (Å²) in [6, 6.07) is 0. The zero-order valence-corrected chi connectivity index (χ0v) is 7.88. The van der Waals surface area contributed by atoms with E-state index in [2.05, 4.69) is 9.97 Å². The molecule has 0 saturated heterocycles. The maximum Gasteiger partial charge on any atom is 0.157 e. The summed E-state index contributed by atoms with van der Waals surface area (Å²) in [5, 5.41) is 0.546. The lowest BCUT2D eigenvalue weighted by Crippen LogP contribution is -2.04. The zero-order chi connectivity index (χ0) is 8.97. The van der Waals surface area contributed by atoms with Crippen LogP contribution in [0.2, 0.25) is 5.02 Å². The smallest absolute Gasteiger partial charge is 0.157 e. The quantitative estimate of drug-likeness (QED) is 0.726. The van der Waals surface area contributed by atoms with Crippen LogP contribution in [0.1, 0.15) is 25.3 Å². The summed E-state index contributed by atoms with van der Waals surface area (Å²) < 4.78 is 5.16. The molecule has 0 aliphatic carbocycles. The third kappa shape index (κ3) is 2.16. The van der Waals surface area contributed by atoms with Gasteiger partial charge in [-0.15, -0.1) is 0 Å². The molecule has 1 aromatic heterocycles. The summed E-state index contributed by atoms with van der Waals surface area (Å²) in [6.45, 7) is 2.02. The second kappa shape index (κ2) is 4.38. The van der Waals surface area contributed by atoms with Crippen LogP contribution >= 0.6 is 11.6 Å². The topological polar surface area (TPSA) is 35.0 Å². The van der Waals surface area contributed by atoms with Crippen molar-refractivity contribution in [3.63, 3.8) is 0 Å². The van der Waals surface area contributed by atoms with Crippen molar-refractivity contribution in [3.8, 4) is 0 Å². The summed E-state index contributed by atoms with van der Waals surface area (Å²) >= 11 is 5.64. The maximum atomic E-state index is 5.64. The SMILES string of the molecule is CC[C@@H](OC)c1ncc(Cl)cn1. The van der Waals surface area contributed by atoms with E-state index in [0.717, 1.165) is 6.42 Å². The molecule has 0 aliphatic rings. The normalized spacial score (nSPS) is 12.9. The number of rotatable bonds is 3. The first kappa shape index (κ1) is 9.42. The van der Waals surface area contributed by atoms with Gasteiger partial charge in [0.2, 0.25) is 0 Å². The van der Waals surface area contributed by atoms with Crippen LogP contribution in [0, 0.1) is 0 Å². The largest absolute Gasteiger partial charge is 0.373 e. The van der Waals surface area contributed by atoms with Gasteiger partial charge in [-0.05, 0) is 6.42 Å². The third-order valence-electron chi connectivity index (χ3n) is 1.58.